The SMILES string of the molecule is CC=C(CC)C(OC(=O)Nc1ccccc1)C(=O)OC. The highest BCUT2D eigenvalue weighted by atomic mass is 16.6. The third kappa shape index (κ3) is 4.42. The maximum absolute atomic E-state index is 11.8. The highest BCUT2D eigenvalue weighted by Gasteiger charge is 2.26. The summed E-state index contributed by atoms with van der Waals surface area (Å²) in [5.41, 5.74) is 1.29. The van der Waals surface area contributed by atoms with Crippen molar-refractivity contribution < 1.29 is 19.1 Å². The van der Waals surface area contributed by atoms with Crippen LogP contribution in [-0.2, 0) is 14.3 Å². The van der Waals surface area contributed by atoms with Crippen LogP contribution in [0.1, 0.15) is 20.3 Å². The van der Waals surface area contributed by atoms with Crippen LogP contribution >= 0.6 is 0 Å². The van der Waals surface area contributed by atoms with E-state index in [-0.39, 0.29) is 0 Å². The molecule has 0 bridgehead atoms. The quantitative estimate of drug-likeness (QED) is 0.663. The molecular formula is C15H19NO4. The zero-order chi connectivity index (χ0) is 15.0. The number of allylic oxidation sites excluding steroid dienone is 1. The van der Waals surface area contributed by atoms with Gasteiger partial charge >= 0.3 is 12.1 Å². The Balaban J connectivity index is 2.75. The lowest BCUT2D eigenvalue weighted by atomic mass is 10.1. The van der Waals surface area contributed by atoms with Gasteiger partial charge in [0, 0.05) is 5.69 Å². The Hall–Kier alpha value is -2.30. The van der Waals surface area contributed by atoms with Crippen molar-refractivity contribution in [2.75, 3.05) is 12.4 Å². The Kier molecular flexibility index (Phi) is 6.29. The van der Waals surface area contributed by atoms with Crippen molar-refractivity contribution in [2.24, 2.45) is 0 Å². The summed E-state index contributed by atoms with van der Waals surface area (Å²) in [6.07, 6.45) is 0.629. The number of nitrogens with one attached hydrogen (secondary N) is 1. The predicted molar refractivity (Wildman–Crippen MR) is 76.4 cm³/mol. The lowest BCUT2D eigenvalue weighted by Crippen LogP contribution is -2.32. The van der Waals surface area contributed by atoms with E-state index >= 15 is 0 Å². The number of carbonyl (C=O) groups is 2. The normalized spacial score (nSPS) is 12.4. The summed E-state index contributed by atoms with van der Waals surface area (Å²) in [4.78, 5) is 23.5. The van der Waals surface area contributed by atoms with Gasteiger partial charge in [-0.3, -0.25) is 5.32 Å². The number of methoxy groups -OCH3 is 1. The Morgan fingerprint density at radius 3 is 2.45 bits per heavy atom. The van der Waals surface area contributed by atoms with Crippen molar-refractivity contribution in [2.45, 2.75) is 26.4 Å². The average Bonchev–Trinajstić information content (AvgIpc) is 2.47. The summed E-state index contributed by atoms with van der Waals surface area (Å²) >= 11 is 0. The van der Waals surface area contributed by atoms with Gasteiger partial charge in [0.05, 0.1) is 7.11 Å². The molecule has 1 aromatic carbocycles. The Labute approximate surface area is 118 Å². The molecule has 0 saturated carbocycles. The number of rotatable bonds is 5. The number of para-hydroxylation sites is 1. The van der Waals surface area contributed by atoms with Crippen molar-refractivity contribution in [3.63, 3.8) is 0 Å². The summed E-state index contributed by atoms with van der Waals surface area (Å²) in [6.45, 7) is 3.66. The van der Waals surface area contributed by atoms with Crippen molar-refractivity contribution >= 4 is 17.7 Å². The number of hydrogen-bond donors (Lipinski definition) is 1. The second-order valence-corrected chi connectivity index (χ2v) is 4.02. The summed E-state index contributed by atoms with van der Waals surface area (Å²) < 4.78 is 9.82. The monoisotopic (exact) mass is 277 g/mol. The van der Waals surface area contributed by atoms with Gasteiger partial charge in [0.1, 0.15) is 0 Å². The molecule has 1 unspecified atom stereocenters. The molecule has 5 heteroatoms. The van der Waals surface area contributed by atoms with Gasteiger partial charge in [-0.1, -0.05) is 31.2 Å². The molecule has 0 saturated heterocycles. The number of hydrogen-bond acceptors (Lipinski definition) is 4. The van der Waals surface area contributed by atoms with Crippen LogP contribution in [0.15, 0.2) is 42.0 Å². The highest BCUT2D eigenvalue weighted by molar-refractivity contribution is 5.88. The second kappa shape index (κ2) is 7.99. The fraction of sp³-hybridized carbons (Fsp3) is 0.333. The van der Waals surface area contributed by atoms with E-state index < -0.39 is 18.2 Å². The molecule has 0 aromatic heterocycles. The predicted octanol–water partition coefficient (Wildman–Crippen LogP) is 3.13. The van der Waals surface area contributed by atoms with Gasteiger partial charge in [-0.25, -0.2) is 9.59 Å². The molecule has 108 valence electrons. The summed E-state index contributed by atoms with van der Waals surface area (Å²) in [5.74, 6) is -0.594. The van der Waals surface area contributed by atoms with Gasteiger partial charge in [0.15, 0.2) is 0 Å². The lowest BCUT2D eigenvalue weighted by Gasteiger charge is -2.18. The summed E-state index contributed by atoms with van der Waals surface area (Å²) in [6, 6.07) is 8.87. The maximum Gasteiger partial charge on any atom is 0.412 e. The van der Waals surface area contributed by atoms with Gasteiger partial charge in [-0.15, -0.1) is 0 Å². The third-order valence-corrected chi connectivity index (χ3v) is 2.78. The van der Waals surface area contributed by atoms with E-state index in [1.54, 1.807) is 37.3 Å². The molecule has 0 aliphatic rings. The number of benzene rings is 1. The summed E-state index contributed by atoms with van der Waals surface area (Å²) in [7, 11) is 1.26. The van der Waals surface area contributed by atoms with E-state index in [1.807, 2.05) is 13.0 Å². The molecule has 0 aliphatic heterocycles. The first-order valence-corrected chi connectivity index (χ1v) is 6.38. The van der Waals surface area contributed by atoms with Crippen molar-refractivity contribution in [1.82, 2.24) is 0 Å². The lowest BCUT2D eigenvalue weighted by molar-refractivity contribution is -0.148. The largest absolute Gasteiger partial charge is 0.466 e. The van der Waals surface area contributed by atoms with Crippen LogP contribution in [0.5, 0.6) is 0 Å². The second-order valence-electron chi connectivity index (χ2n) is 4.02. The standard InChI is InChI=1S/C15H19NO4/c1-4-11(5-2)13(14(17)19-3)20-15(18)16-12-9-7-6-8-10-12/h4,6-10,13H,5H2,1-3H3,(H,16,18). The number of amides is 1. The fourth-order valence-corrected chi connectivity index (χ4v) is 1.70. The molecule has 20 heavy (non-hydrogen) atoms. The molecule has 0 fully saturated rings. The molecule has 1 amide bonds. The highest BCUT2D eigenvalue weighted by Crippen LogP contribution is 2.14. The van der Waals surface area contributed by atoms with Crippen molar-refractivity contribution in [3.05, 3.63) is 42.0 Å². The van der Waals surface area contributed by atoms with E-state index in [2.05, 4.69) is 10.1 Å². The van der Waals surface area contributed by atoms with Crippen LogP contribution in [-0.4, -0.2) is 25.3 Å². The topological polar surface area (TPSA) is 64.6 Å². The van der Waals surface area contributed by atoms with Crippen LogP contribution in [0, 0.1) is 0 Å². The average molecular weight is 277 g/mol. The Morgan fingerprint density at radius 1 is 1.30 bits per heavy atom. The van der Waals surface area contributed by atoms with Crippen LogP contribution in [0.25, 0.3) is 0 Å². The number of esters is 1. The number of carbonyl (C=O) groups excluding carboxylic acids is 2. The zero-order valence-electron chi connectivity index (χ0n) is 11.9. The van der Waals surface area contributed by atoms with E-state index in [1.165, 1.54) is 7.11 Å². The first-order chi connectivity index (χ1) is 9.62. The van der Waals surface area contributed by atoms with Gasteiger partial charge in [0.2, 0.25) is 6.10 Å². The smallest absolute Gasteiger partial charge is 0.412 e. The molecule has 1 atom stereocenters. The molecule has 1 aromatic rings. The van der Waals surface area contributed by atoms with Gasteiger partial charge in [-0.2, -0.15) is 0 Å². The number of ether oxygens (including phenoxy) is 2. The van der Waals surface area contributed by atoms with Gasteiger partial charge in [-0.05, 0) is 31.1 Å². The molecule has 1 N–H and O–H groups in total. The van der Waals surface area contributed by atoms with Crippen molar-refractivity contribution in [3.8, 4) is 0 Å². The molecular weight excluding hydrogens is 258 g/mol. The Morgan fingerprint density at radius 2 is 1.95 bits per heavy atom. The molecule has 0 aliphatic carbocycles. The third-order valence-electron chi connectivity index (χ3n) is 2.78. The molecule has 0 heterocycles. The maximum atomic E-state index is 11.8. The molecule has 5 nitrogen and oxygen atoms in total. The van der Waals surface area contributed by atoms with Crippen LogP contribution in [0.2, 0.25) is 0 Å². The number of anilines is 1. The van der Waals surface area contributed by atoms with Crippen molar-refractivity contribution in [1.29, 1.82) is 0 Å². The van der Waals surface area contributed by atoms with Gasteiger partial charge < -0.3 is 9.47 Å². The van der Waals surface area contributed by atoms with Crippen LogP contribution < -0.4 is 5.32 Å². The Bertz CT molecular complexity index is 482. The van der Waals surface area contributed by atoms with E-state index in [4.69, 9.17) is 4.74 Å². The summed E-state index contributed by atoms with van der Waals surface area (Å²) in [5, 5.41) is 2.56. The minimum absolute atomic E-state index is 0.592. The zero-order valence-corrected chi connectivity index (χ0v) is 11.9. The van der Waals surface area contributed by atoms with Gasteiger partial charge in [0.25, 0.3) is 0 Å². The van der Waals surface area contributed by atoms with Crippen LogP contribution in [0.4, 0.5) is 10.5 Å². The van der Waals surface area contributed by atoms with Crippen LogP contribution in [0.3, 0.4) is 0 Å². The minimum Gasteiger partial charge on any atom is -0.466 e. The molecule has 1 rings (SSSR count). The van der Waals surface area contributed by atoms with E-state index in [0.717, 1.165) is 0 Å². The first-order valence-electron chi connectivity index (χ1n) is 6.38. The minimum atomic E-state index is -1.02. The van der Waals surface area contributed by atoms with E-state index in [0.29, 0.717) is 17.7 Å². The molecule has 0 radical (unpaired) electrons. The first kappa shape index (κ1) is 15.8. The fourth-order valence-electron chi connectivity index (χ4n) is 1.70. The van der Waals surface area contributed by atoms with E-state index in [9.17, 15) is 9.59 Å². The molecule has 0 spiro atoms.